The third kappa shape index (κ3) is 5.03. The summed E-state index contributed by atoms with van der Waals surface area (Å²) in [6.45, 7) is 1.47. The van der Waals surface area contributed by atoms with Crippen LogP contribution in [0.1, 0.15) is 18.9 Å². The quantitative estimate of drug-likeness (QED) is 0.456. The predicted molar refractivity (Wildman–Crippen MR) is 91.7 cm³/mol. The van der Waals surface area contributed by atoms with Gasteiger partial charge in [0, 0.05) is 6.07 Å². The number of nitro benzene ring substituents is 1. The molecule has 0 heterocycles. The molecule has 25 heavy (non-hydrogen) atoms. The van der Waals surface area contributed by atoms with Crippen LogP contribution in [0.4, 0.5) is 5.69 Å². The smallest absolute Gasteiger partial charge is 0.310 e. The maximum Gasteiger partial charge on any atom is 0.310 e. The second-order valence-corrected chi connectivity index (χ2v) is 5.01. The molecule has 2 rings (SSSR count). The van der Waals surface area contributed by atoms with Crippen molar-refractivity contribution in [2.75, 3.05) is 6.61 Å². The van der Waals surface area contributed by atoms with E-state index >= 15 is 0 Å². The van der Waals surface area contributed by atoms with Gasteiger partial charge in [0.1, 0.15) is 5.75 Å². The fourth-order valence-corrected chi connectivity index (χ4v) is 2.04. The topological polar surface area (TPSA) is 114 Å². The molecule has 0 aromatic heterocycles. The number of carbonyl (C=O) groups is 1. The lowest BCUT2D eigenvalue weighted by Crippen LogP contribution is -2.26. The molecule has 8 heteroatoms. The third-order valence-electron chi connectivity index (χ3n) is 3.27. The van der Waals surface area contributed by atoms with Crippen molar-refractivity contribution in [1.29, 1.82) is 0 Å². The summed E-state index contributed by atoms with van der Waals surface area (Å²) >= 11 is 0. The van der Waals surface area contributed by atoms with Crippen molar-refractivity contribution >= 4 is 17.3 Å². The van der Waals surface area contributed by atoms with Gasteiger partial charge < -0.3 is 9.84 Å². The molecule has 0 fully saturated rings. The largest absolute Gasteiger partial charge is 0.508 e. The summed E-state index contributed by atoms with van der Waals surface area (Å²) in [5.74, 6) is -0.384. The van der Waals surface area contributed by atoms with Gasteiger partial charge in [-0.2, -0.15) is 5.10 Å². The zero-order valence-corrected chi connectivity index (χ0v) is 13.5. The lowest BCUT2D eigenvalue weighted by atomic mass is 10.1. The Morgan fingerprint density at radius 1 is 1.24 bits per heavy atom. The molecule has 0 aliphatic heterocycles. The number of aromatic hydroxyl groups is 1. The number of nitrogens with one attached hydrogen (secondary N) is 1. The van der Waals surface area contributed by atoms with Gasteiger partial charge in [-0.1, -0.05) is 19.1 Å². The minimum Gasteiger partial charge on any atom is -0.508 e. The highest BCUT2D eigenvalue weighted by Crippen LogP contribution is 2.25. The Kier molecular flexibility index (Phi) is 6.05. The molecule has 130 valence electrons. The predicted octanol–water partition coefficient (Wildman–Crippen LogP) is 2.61. The molecule has 2 aromatic rings. The van der Waals surface area contributed by atoms with Crippen LogP contribution >= 0.6 is 0 Å². The van der Waals surface area contributed by atoms with Gasteiger partial charge in [0.05, 0.1) is 10.6 Å². The number of hydrogen-bond donors (Lipinski definition) is 2. The summed E-state index contributed by atoms with van der Waals surface area (Å²) in [6.07, 6.45) is 0.566. The highest BCUT2D eigenvalue weighted by Gasteiger charge is 2.14. The maximum absolute atomic E-state index is 11.9. The molecule has 8 nitrogen and oxygen atoms in total. The number of hydrogen-bond acceptors (Lipinski definition) is 6. The number of rotatable bonds is 7. The van der Waals surface area contributed by atoms with Crippen molar-refractivity contribution in [3.8, 4) is 11.5 Å². The van der Waals surface area contributed by atoms with E-state index in [1.54, 1.807) is 18.2 Å². The minimum absolute atomic E-state index is 0.0147. The van der Waals surface area contributed by atoms with E-state index in [1.807, 2.05) is 6.92 Å². The Morgan fingerprint density at radius 2 is 1.92 bits per heavy atom. The zero-order valence-electron chi connectivity index (χ0n) is 13.5. The highest BCUT2D eigenvalue weighted by molar-refractivity contribution is 6.01. The lowest BCUT2D eigenvalue weighted by molar-refractivity contribution is -0.385. The molecule has 0 radical (unpaired) electrons. The molecule has 0 atom stereocenters. The minimum atomic E-state index is -0.578. The van der Waals surface area contributed by atoms with E-state index in [9.17, 15) is 20.0 Å². The van der Waals surface area contributed by atoms with Crippen molar-refractivity contribution in [1.82, 2.24) is 5.43 Å². The number of amides is 1. The first-order chi connectivity index (χ1) is 12.0. The molecule has 1 amide bonds. The van der Waals surface area contributed by atoms with Gasteiger partial charge >= 0.3 is 5.69 Å². The maximum atomic E-state index is 11.9. The Morgan fingerprint density at radius 3 is 2.56 bits per heavy atom. The van der Waals surface area contributed by atoms with E-state index in [0.717, 1.165) is 5.56 Å². The summed E-state index contributed by atoms with van der Waals surface area (Å²) in [5.41, 5.74) is 3.53. The molecule has 0 aliphatic rings. The fourth-order valence-electron chi connectivity index (χ4n) is 2.04. The third-order valence-corrected chi connectivity index (χ3v) is 3.27. The fraction of sp³-hybridized carbons (Fsp3) is 0.176. The highest BCUT2D eigenvalue weighted by atomic mass is 16.6. The van der Waals surface area contributed by atoms with Gasteiger partial charge in [0.15, 0.2) is 12.4 Å². The summed E-state index contributed by atoms with van der Waals surface area (Å²) in [7, 11) is 0. The van der Waals surface area contributed by atoms with Crippen LogP contribution in [0.3, 0.4) is 0 Å². The monoisotopic (exact) mass is 343 g/mol. The first-order valence-electron chi connectivity index (χ1n) is 7.52. The van der Waals surface area contributed by atoms with E-state index in [0.29, 0.717) is 12.1 Å². The van der Waals surface area contributed by atoms with Crippen molar-refractivity contribution < 1.29 is 19.6 Å². The number of nitro groups is 1. The van der Waals surface area contributed by atoms with Gasteiger partial charge in [-0.3, -0.25) is 14.9 Å². The summed E-state index contributed by atoms with van der Waals surface area (Å²) < 4.78 is 5.19. The Balaban J connectivity index is 1.98. The van der Waals surface area contributed by atoms with E-state index in [1.165, 1.54) is 30.3 Å². The van der Waals surface area contributed by atoms with Crippen molar-refractivity contribution in [3.63, 3.8) is 0 Å². The first-order valence-corrected chi connectivity index (χ1v) is 7.52. The van der Waals surface area contributed by atoms with Crippen LogP contribution in [0, 0.1) is 10.1 Å². The van der Waals surface area contributed by atoms with Crippen LogP contribution in [-0.4, -0.2) is 28.3 Å². The number of phenolic OH excluding ortho intramolecular Hbond substituents is 1. The normalized spacial score (nSPS) is 11.0. The molecule has 0 saturated carbocycles. The van der Waals surface area contributed by atoms with Gasteiger partial charge in [-0.25, -0.2) is 5.43 Å². The molecule has 0 spiro atoms. The van der Waals surface area contributed by atoms with Crippen LogP contribution in [-0.2, 0) is 4.79 Å². The Bertz CT molecular complexity index is 787. The van der Waals surface area contributed by atoms with Gasteiger partial charge in [0.2, 0.25) is 0 Å². The van der Waals surface area contributed by atoms with Gasteiger partial charge in [-0.15, -0.1) is 0 Å². The standard InChI is InChI=1S/C17H17N3O5/c1-2-14(12-7-9-13(21)10-8-12)18-19-17(22)11-25-16-6-4-3-5-15(16)20(23)24/h3-10,21H,2,11H2,1H3,(H,19,22)/b18-14+. The molecule has 0 unspecified atom stereocenters. The SMILES string of the molecule is CC/C(=N\NC(=O)COc1ccccc1[N+](=O)[O-])c1ccc(O)cc1. The van der Waals surface area contributed by atoms with Crippen molar-refractivity contribution in [2.45, 2.75) is 13.3 Å². The van der Waals surface area contributed by atoms with Gasteiger partial charge in [-0.05, 0) is 42.3 Å². The second kappa shape index (κ2) is 8.44. The molecule has 0 bridgehead atoms. The second-order valence-electron chi connectivity index (χ2n) is 5.01. The average Bonchev–Trinajstić information content (AvgIpc) is 2.62. The zero-order chi connectivity index (χ0) is 18.2. The van der Waals surface area contributed by atoms with E-state index in [2.05, 4.69) is 10.5 Å². The number of para-hydroxylation sites is 2. The molecule has 0 saturated heterocycles. The number of hydrazone groups is 1. The van der Waals surface area contributed by atoms with E-state index in [4.69, 9.17) is 4.74 Å². The number of phenols is 1. The number of ether oxygens (including phenoxy) is 1. The van der Waals surface area contributed by atoms with Crippen LogP contribution in [0.15, 0.2) is 53.6 Å². The van der Waals surface area contributed by atoms with Crippen molar-refractivity contribution in [2.24, 2.45) is 5.10 Å². The number of nitrogens with zero attached hydrogens (tertiary/aromatic N) is 2. The van der Waals surface area contributed by atoms with Crippen molar-refractivity contribution in [3.05, 3.63) is 64.2 Å². The Labute approximate surface area is 143 Å². The van der Waals surface area contributed by atoms with E-state index < -0.39 is 17.4 Å². The van der Waals surface area contributed by atoms with Gasteiger partial charge in [0.25, 0.3) is 5.91 Å². The molecular weight excluding hydrogens is 326 g/mol. The molecule has 2 aromatic carbocycles. The average molecular weight is 343 g/mol. The lowest BCUT2D eigenvalue weighted by Gasteiger charge is -2.07. The molecular formula is C17H17N3O5. The van der Waals surface area contributed by atoms with E-state index in [-0.39, 0.29) is 17.2 Å². The summed E-state index contributed by atoms with van der Waals surface area (Å²) in [6, 6.07) is 12.2. The Hall–Kier alpha value is -3.42. The summed E-state index contributed by atoms with van der Waals surface area (Å²) in [5, 5.41) is 24.2. The van der Waals surface area contributed by atoms with Crippen LogP contribution in [0.2, 0.25) is 0 Å². The number of carbonyl (C=O) groups excluding carboxylic acids is 1. The first kappa shape index (κ1) is 17.9. The number of benzene rings is 2. The molecule has 2 N–H and O–H groups in total. The van der Waals surface area contributed by atoms with Crippen LogP contribution in [0.25, 0.3) is 0 Å². The van der Waals surface area contributed by atoms with Crippen LogP contribution < -0.4 is 10.2 Å². The summed E-state index contributed by atoms with van der Waals surface area (Å²) in [4.78, 5) is 22.2. The molecule has 0 aliphatic carbocycles. The van der Waals surface area contributed by atoms with Crippen LogP contribution in [0.5, 0.6) is 11.5 Å².